The lowest BCUT2D eigenvalue weighted by Crippen LogP contribution is -2.52. The Morgan fingerprint density at radius 2 is 1.71 bits per heavy atom. The molecule has 1 fully saturated rings. The first kappa shape index (κ1) is 28.3. The van der Waals surface area contributed by atoms with Crippen LogP contribution in [0, 0.1) is 11.8 Å². The molecule has 2 amide bonds. The molecule has 3 atom stereocenters. The summed E-state index contributed by atoms with van der Waals surface area (Å²) in [5, 5.41) is 14.9. The van der Waals surface area contributed by atoms with Gasteiger partial charge in [-0.1, -0.05) is 55.3 Å². The van der Waals surface area contributed by atoms with Gasteiger partial charge in [0.1, 0.15) is 6.61 Å². The minimum atomic E-state index is -0.632. The van der Waals surface area contributed by atoms with Crippen LogP contribution < -0.4 is 10.6 Å². The van der Waals surface area contributed by atoms with Gasteiger partial charge in [0, 0.05) is 12.5 Å². The first-order valence-corrected chi connectivity index (χ1v) is 12.5. The van der Waals surface area contributed by atoms with Crippen LogP contribution >= 0.6 is 0 Å². The van der Waals surface area contributed by atoms with E-state index >= 15 is 0 Å². The van der Waals surface area contributed by atoms with Crippen LogP contribution in [-0.4, -0.2) is 47.7 Å². The van der Waals surface area contributed by atoms with Crippen molar-refractivity contribution in [2.45, 2.75) is 69.9 Å². The molecular weight excluding hydrogens is 444 g/mol. The number of aliphatic hydroxyl groups excluding tert-OH is 1. The molecule has 1 aromatic rings. The third-order valence-corrected chi connectivity index (χ3v) is 6.48. The Labute approximate surface area is 209 Å². The van der Waals surface area contributed by atoms with Crippen molar-refractivity contribution < 1.29 is 24.2 Å². The van der Waals surface area contributed by atoms with Crippen LogP contribution in [0.1, 0.15) is 57.4 Å². The standard InChI is InChI=1S/C28H40N2O5/c1-4-11-23(18-25(32)29-21(3)19-31)26(33)30-28(15-9-10-16-28)20-35-27(34)24(12-5-2)17-22-13-7-6-8-14-22/h4-8,13-14,21,23-24,31H,1-2,9-12,15-20H2,3H3,(H,29,32)(H,30,33)/t21-,23-,24+/m1/s1. The van der Waals surface area contributed by atoms with E-state index in [0.717, 1.165) is 18.4 Å². The van der Waals surface area contributed by atoms with Crippen LogP contribution in [0.25, 0.3) is 0 Å². The van der Waals surface area contributed by atoms with E-state index in [2.05, 4.69) is 23.8 Å². The molecule has 0 radical (unpaired) electrons. The van der Waals surface area contributed by atoms with Crippen molar-refractivity contribution in [2.75, 3.05) is 13.2 Å². The number of carbonyl (C=O) groups excluding carboxylic acids is 3. The van der Waals surface area contributed by atoms with Crippen LogP contribution in [-0.2, 0) is 25.5 Å². The van der Waals surface area contributed by atoms with Crippen molar-refractivity contribution in [3.63, 3.8) is 0 Å². The number of carbonyl (C=O) groups is 3. The predicted molar refractivity (Wildman–Crippen MR) is 136 cm³/mol. The number of hydrogen-bond acceptors (Lipinski definition) is 5. The number of ether oxygens (including phenoxy) is 1. The number of benzene rings is 1. The molecule has 2 rings (SSSR count). The maximum Gasteiger partial charge on any atom is 0.309 e. The summed E-state index contributed by atoms with van der Waals surface area (Å²) in [4.78, 5) is 38.4. The van der Waals surface area contributed by atoms with Crippen LogP contribution in [0.5, 0.6) is 0 Å². The SMILES string of the molecule is C=CC[C@H](CC(=O)N[C@H](C)CO)C(=O)NC1(COC(=O)[C@@H](CC=C)Cc2ccccc2)CCCC1. The summed E-state index contributed by atoms with van der Waals surface area (Å²) in [5.41, 5.74) is 0.424. The van der Waals surface area contributed by atoms with Crippen LogP contribution in [0.2, 0.25) is 0 Å². The lowest BCUT2D eigenvalue weighted by molar-refractivity contribution is -0.151. The van der Waals surface area contributed by atoms with E-state index in [1.807, 2.05) is 30.3 Å². The number of aliphatic hydroxyl groups is 1. The van der Waals surface area contributed by atoms with Crippen molar-refractivity contribution >= 4 is 17.8 Å². The molecule has 0 saturated heterocycles. The zero-order valence-electron chi connectivity index (χ0n) is 20.8. The average molecular weight is 485 g/mol. The molecule has 0 aromatic heterocycles. The number of amides is 2. The predicted octanol–water partition coefficient (Wildman–Crippen LogP) is 3.47. The lowest BCUT2D eigenvalue weighted by Gasteiger charge is -2.32. The summed E-state index contributed by atoms with van der Waals surface area (Å²) in [6.45, 7) is 9.13. The molecule has 1 aliphatic rings. The lowest BCUT2D eigenvalue weighted by atomic mass is 9.93. The van der Waals surface area contributed by atoms with Crippen LogP contribution in [0.3, 0.4) is 0 Å². The van der Waals surface area contributed by atoms with Crippen LogP contribution in [0.4, 0.5) is 0 Å². The third kappa shape index (κ3) is 9.32. The van der Waals surface area contributed by atoms with E-state index < -0.39 is 11.5 Å². The monoisotopic (exact) mass is 484 g/mol. The highest BCUT2D eigenvalue weighted by Gasteiger charge is 2.39. The molecule has 1 aromatic carbocycles. The third-order valence-electron chi connectivity index (χ3n) is 6.48. The molecule has 7 heteroatoms. The van der Waals surface area contributed by atoms with E-state index in [1.165, 1.54) is 0 Å². The van der Waals surface area contributed by atoms with E-state index in [-0.39, 0.29) is 49.4 Å². The quantitative estimate of drug-likeness (QED) is 0.261. The number of esters is 1. The minimum absolute atomic E-state index is 0.00343. The van der Waals surface area contributed by atoms with E-state index in [9.17, 15) is 14.4 Å². The Bertz CT molecular complexity index is 848. The van der Waals surface area contributed by atoms with Crippen molar-refractivity contribution in [1.82, 2.24) is 10.6 Å². The fourth-order valence-electron chi connectivity index (χ4n) is 4.50. The molecule has 192 valence electrons. The molecule has 1 aliphatic carbocycles. The van der Waals surface area contributed by atoms with Gasteiger partial charge in [-0.2, -0.15) is 0 Å². The maximum absolute atomic E-state index is 13.2. The molecule has 0 spiro atoms. The van der Waals surface area contributed by atoms with Gasteiger partial charge < -0.3 is 20.5 Å². The highest BCUT2D eigenvalue weighted by Crippen LogP contribution is 2.31. The summed E-state index contributed by atoms with van der Waals surface area (Å²) in [7, 11) is 0. The fourth-order valence-corrected chi connectivity index (χ4v) is 4.50. The average Bonchev–Trinajstić information content (AvgIpc) is 3.31. The highest BCUT2D eigenvalue weighted by atomic mass is 16.5. The Hall–Kier alpha value is -2.93. The zero-order valence-corrected chi connectivity index (χ0v) is 20.8. The normalized spacial score (nSPS) is 17.0. The second kappa shape index (κ2) is 14.5. The number of hydrogen-bond donors (Lipinski definition) is 3. The zero-order chi connectivity index (χ0) is 25.7. The maximum atomic E-state index is 13.2. The van der Waals surface area contributed by atoms with Crippen molar-refractivity contribution in [2.24, 2.45) is 11.8 Å². The fraction of sp³-hybridized carbons (Fsp3) is 0.536. The van der Waals surface area contributed by atoms with Gasteiger partial charge in [0.15, 0.2) is 0 Å². The largest absolute Gasteiger partial charge is 0.463 e. The molecule has 0 unspecified atom stereocenters. The van der Waals surface area contributed by atoms with Gasteiger partial charge in [-0.25, -0.2) is 0 Å². The van der Waals surface area contributed by atoms with Gasteiger partial charge in [0.2, 0.25) is 11.8 Å². The van der Waals surface area contributed by atoms with Gasteiger partial charge >= 0.3 is 5.97 Å². The van der Waals surface area contributed by atoms with Gasteiger partial charge in [-0.05, 0) is 44.6 Å². The molecule has 0 heterocycles. The van der Waals surface area contributed by atoms with Crippen molar-refractivity contribution in [3.05, 3.63) is 61.2 Å². The molecule has 0 bridgehead atoms. The Morgan fingerprint density at radius 3 is 2.31 bits per heavy atom. The second-order valence-electron chi connectivity index (χ2n) is 9.57. The van der Waals surface area contributed by atoms with E-state index in [0.29, 0.717) is 32.1 Å². The summed E-state index contributed by atoms with van der Waals surface area (Å²) in [6.07, 6.45) is 8.05. The Kier molecular flexibility index (Phi) is 11.7. The molecule has 7 nitrogen and oxygen atoms in total. The summed E-state index contributed by atoms with van der Waals surface area (Å²) in [5.74, 6) is -1.77. The number of allylic oxidation sites excluding steroid dienone is 2. The molecule has 35 heavy (non-hydrogen) atoms. The second-order valence-corrected chi connectivity index (χ2v) is 9.57. The first-order chi connectivity index (χ1) is 16.8. The first-order valence-electron chi connectivity index (χ1n) is 12.5. The van der Waals surface area contributed by atoms with Gasteiger partial charge in [-0.3, -0.25) is 14.4 Å². The van der Waals surface area contributed by atoms with Gasteiger partial charge in [0.25, 0.3) is 0 Å². The van der Waals surface area contributed by atoms with E-state index in [4.69, 9.17) is 9.84 Å². The van der Waals surface area contributed by atoms with Gasteiger partial charge in [-0.15, -0.1) is 13.2 Å². The Morgan fingerprint density at radius 1 is 1.09 bits per heavy atom. The Balaban J connectivity index is 2.02. The van der Waals surface area contributed by atoms with E-state index in [1.54, 1.807) is 19.1 Å². The summed E-state index contributed by atoms with van der Waals surface area (Å²) in [6, 6.07) is 9.42. The topological polar surface area (TPSA) is 105 Å². The van der Waals surface area contributed by atoms with Crippen molar-refractivity contribution in [1.29, 1.82) is 0 Å². The summed E-state index contributed by atoms with van der Waals surface area (Å²) >= 11 is 0. The molecular formula is C28H40N2O5. The summed E-state index contributed by atoms with van der Waals surface area (Å²) < 4.78 is 5.78. The van der Waals surface area contributed by atoms with Crippen LogP contribution in [0.15, 0.2) is 55.6 Å². The minimum Gasteiger partial charge on any atom is -0.463 e. The number of rotatable bonds is 15. The number of nitrogens with one attached hydrogen (secondary N) is 2. The molecule has 0 aliphatic heterocycles. The van der Waals surface area contributed by atoms with Crippen molar-refractivity contribution in [3.8, 4) is 0 Å². The highest BCUT2D eigenvalue weighted by molar-refractivity contribution is 5.86. The molecule has 1 saturated carbocycles. The smallest absolute Gasteiger partial charge is 0.309 e. The van der Waals surface area contributed by atoms with Gasteiger partial charge in [0.05, 0.1) is 24.0 Å². The molecule has 3 N–H and O–H groups in total.